The maximum atomic E-state index is 12.3. The second-order valence-electron chi connectivity index (χ2n) is 4.70. The van der Waals surface area contributed by atoms with E-state index in [1.54, 1.807) is 23.3 Å². The Kier molecular flexibility index (Phi) is 3.66. The largest absolute Gasteiger partial charge is 0.332 e. The predicted molar refractivity (Wildman–Crippen MR) is 81.2 cm³/mol. The zero-order valence-electron chi connectivity index (χ0n) is 11.8. The molecule has 108 valence electrons. The Bertz CT molecular complexity index is 745. The summed E-state index contributed by atoms with van der Waals surface area (Å²) in [4.78, 5) is 22.5. The van der Waals surface area contributed by atoms with E-state index in [0.717, 1.165) is 21.6 Å². The van der Waals surface area contributed by atoms with Crippen molar-refractivity contribution in [3.05, 3.63) is 40.9 Å². The summed E-state index contributed by atoms with van der Waals surface area (Å²) in [5.74, 6) is 0.715. The van der Waals surface area contributed by atoms with Gasteiger partial charge in [0.1, 0.15) is 10.8 Å². The van der Waals surface area contributed by atoms with Gasteiger partial charge in [-0.1, -0.05) is 19.1 Å². The normalized spacial score (nSPS) is 11.0. The second-order valence-corrected chi connectivity index (χ2v) is 5.81. The lowest BCUT2D eigenvalue weighted by atomic mass is 10.3. The molecule has 21 heavy (non-hydrogen) atoms. The number of fused-ring (bicyclic) bond motifs is 1. The smallest absolute Gasteiger partial charge is 0.293 e. The quantitative estimate of drug-likeness (QED) is 0.802. The lowest BCUT2D eigenvalue weighted by Gasteiger charge is -2.12. The van der Waals surface area contributed by atoms with Crippen LogP contribution in [0.3, 0.4) is 0 Å². The molecule has 3 rings (SSSR count). The van der Waals surface area contributed by atoms with Gasteiger partial charge in [-0.15, -0.1) is 16.4 Å². The molecule has 2 aromatic heterocycles. The van der Waals surface area contributed by atoms with Crippen molar-refractivity contribution in [3.8, 4) is 0 Å². The van der Waals surface area contributed by atoms with Gasteiger partial charge < -0.3 is 4.90 Å². The molecule has 1 amide bonds. The fourth-order valence-electron chi connectivity index (χ4n) is 1.98. The summed E-state index contributed by atoms with van der Waals surface area (Å²) in [5.41, 5.74) is 0.963. The standard InChI is InChI=1S/C14H15N5OS/c1-3-11-16-13(18-17-11)14(20)19(2)8-12-15-9-6-4-5-7-10(9)21-12/h4-7H,3,8H2,1-2H3,(H,16,17,18). The summed E-state index contributed by atoms with van der Waals surface area (Å²) in [6, 6.07) is 7.95. The van der Waals surface area contributed by atoms with Crippen LogP contribution in [-0.4, -0.2) is 38.0 Å². The zero-order chi connectivity index (χ0) is 14.8. The van der Waals surface area contributed by atoms with E-state index in [9.17, 15) is 4.79 Å². The molecule has 6 nitrogen and oxygen atoms in total. The lowest BCUT2D eigenvalue weighted by Crippen LogP contribution is -2.27. The van der Waals surface area contributed by atoms with Crippen molar-refractivity contribution < 1.29 is 4.79 Å². The summed E-state index contributed by atoms with van der Waals surface area (Å²) in [7, 11) is 1.73. The van der Waals surface area contributed by atoms with Gasteiger partial charge in [-0.25, -0.2) is 9.97 Å². The van der Waals surface area contributed by atoms with E-state index in [-0.39, 0.29) is 11.7 Å². The van der Waals surface area contributed by atoms with E-state index in [1.807, 2.05) is 31.2 Å². The van der Waals surface area contributed by atoms with Crippen molar-refractivity contribution in [2.24, 2.45) is 0 Å². The lowest BCUT2D eigenvalue weighted by molar-refractivity contribution is 0.0773. The van der Waals surface area contributed by atoms with Gasteiger partial charge in [0.2, 0.25) is 5.82 Å². The first kappa shape index (κ1) is 13.7. The molecule has 7 heteroatoms. The van der Waals surface area contributed by atoms with Crippen molar-refractivity contribution in [1.82, 2.24) is 25.1 Å². The average Bonchev–Trinajstić information content (AvgIpc) is 3.12. The van der Waals surface area contributed by atoms with E-state index in [4.69, 9.17) is 0 Å². The Hall–Kier alpha value is -2.28. The summed E-state index contributed by atoms with van der Waals surface area (Å²) in [6.07, 6.45) is 0.724. The molecule has 0 fully saturated rings. The minimum absolute atomic E-state index is 0.204. The Balaban J connectivity index is 1.75. The van der Waals surface area contributed by atoms with Crippen LogP contribution in [0, 0.1) is 0 Å². The molecule has 0 saturated carbocycles. The van der Waals surface area contributed by atoms with Crippen LogP contribution in [0.4, 0.5) is 0 Å². The molecule has 0 atom stereocenters. The van der Waals surface area contributed by atoms with Crippen molar-refractivity contribution in [3.63, 3.8) is 0 Å². The highest BCUT2D eigenvalue weighted by molar-refractivity contribution is 7.18. The van der Waals surface area contributed by atoms with E-state index in [0.29, 0.717) is 12.4 Å². The number of aromatic amines is 1. The molecule has 0 bridgehead atoms. The minimum atomic E-state index is -0.204. The van der Waals surface area contributed by atoms with Gasteiger partial charge in [-0.05, 0) is 12.1 Å². The SMILES string of the molecule is CCc1nc(C(=O)N(C)Cc2nc3ccccc3s2)n[nH]1. The molecule has 1 aromatic carbocycles. The highest BCUT2D eigenvalue weighted by Crippen LogP contribution is 2.22. The number of hydrogen-bond donors (Lipinski definition) is 1. The van der Waals surface area contributed by atoms with E-state index >= 15 is 0 Å². The molecule has 0 aliphatic carbocycles. The number of thiazole rings is 1. The van der Waals surface area contributed by atoms with Crippen LogP contribution < -0.4 is 0 Å². The highest BCUT2D eigenvalue weighted by Gasteiger charge is 2.18. The second kappa shape index (κ2) is 5.61. The molecule has 2 heterocycles. The first-order valence-corrected chi connectivity index (χ1v) is 7.50. The van der Waals surface area contributed by atoms with Crippen LogP contribution in [0.25, 0.3) is 10.2 Å². The summed E-state index contributed by atoms with van der Waals surface area (Å²) in [5, 5.41) is 7.60. The number of aryl methyl sites for hydroxylation is 1. The fraction of sp³-hybridized carbons (Fsp3) is 0.286. The third kappa shape index (κ3) is 2.78. The van der Waals surface area contributed by atoms with Gasteiger partial charge in [0, 0.05) is 13.5 Å². The van der Waals surface area contributed by atoms with E-state index in [2.05, 4.69) is 20.2 Å². The topological polar surface area (TPSA) is 74.8 Å². The van der Waals surface area contributed by atoms with Crippen LogP contribution in [-0.2, 0) is 13.0 Å². The predicted octanol–water partition coefficient (Wildman–Crippen LogP) is 2.25. The summed E-state index contributed by atoms with van der Waals surface area (Å²) < 4.78 is 1.12. The van der Waals surface area contributed by atoms with Gasteiger partial charge in [0.25, 0.3) is 5.91 Å². The third-order valence-electron chi connectivity index (χ3n) is 3.12. The number of benzene rings is 1. The molecule has 0 spiro atoms. The van der Waals surface area contributed by atoms with Crippen molar-refractivity contribution in [1.29, 1.82) is 0 Å². The number of nitrogens with zero attached hydrogens (tertiary/aromatic N) is 4. The number of hydrogen-bond acceptors (Lipinski definition) is 5. The molecule has 0 radical (unpaired) electrons. The maximum absolute atomic E-state index is 12.3. The number of aromatic nitrogens is 4. The fourth-order valence-corrected chi connectivity index (χ4v) is 3.00. The third-order valence-corrected chi connectivity index (χ3v) is 4.14. The Morgan fingerprint density at radius 3 is 2.86 bits per heavy atom. The molecule has 0 aliphatic heterocycles. The Morgan fingerprint density at radius 1 is 1.33 bits per heavy atom. The van der Waals surface area contributed by atoms with Crippen LogP contribution in [0.15, 0.2) is 24.3 Å². The minimum Gasteiger partial charge on any atom is -0.332 e. The van der Waals surface area contributed by atoms with Crippen molar-refractivity contribution in [2.45, 2.75) is 19.9 Å². The van der Waals surface area contributed by atoms with E-state index < -0.39 is 0 Å². The summed E-state index contributed by atoms with van der Waals surface area (Å²) in [6.45, 7) is 2.41. The Morgan fingerprint density at radius 2 is 2.14 bits per heavy atom. The average molecular weight is 301 g/mol. The number of carbonyl (C=O) groups excluding carboxylic acids is 1. The molecular weight excluding hydrogens is 286 g/mol. The maximum Gasteiger partial charge on any atom is 0.293 e. The number of carbonyl (C=O) groups is 1. The molecule has 0 saturated heterocycles. The van der Waals surface area contributed by atoms with Gasteiger partial charge in [0.15, 0.2) is 0 Å². The Labute approximate surface area is 125 Å². The van der Waals surface area contributed by atoms with Gasteiger partial charge in [0.05, 0.1) is 16.8 Å². The number of para-hydroxylation sites is 1. The number of nitrogens with one attached hydrogen (secondary N) is 1. The first-order valence-electron chi connectivity index (χ1n) is 6.68. The van der Waals surface area contributed by atoms with E-state index in [1.165, 1.54) is 0 Å². The monoisotopic (exact) mass is 301 g/mol. The van der Waals surface area contributed by atoms with Crippen LogP contribution in [0.2, 0.25) is 0 Å². The van der Waals surface area contributed by atoms with Gasteiger partial charge in [-0.2, -0.15) is 0 Å². The van der Waals surface area contributed by atoms with Crippen molar-refractivity contribution >= 4 is 27.5 Å². The summed E-state index contributed by atoms with van der Waals surface area (Å²) >= 11 is 1.59. The molecule has 1 N–H and O–H groups in total. The number of H-pyrrole nitrogens is 1. The van der Waals surface area contributed by atoms with Gasteiger partial charge >= 0.3 is 0 Å². The van der Waals surface area contributed by atoms with Crippen LogP contribution >= 0.6 is 11.3 Å². The zero-order valence-corrected chi connectivity index (χ0v) is 12.6. The molecule has 0 aliphatic rings. The van der Waals surface area contributed by atoms with Crippen LogP contribution in [0.5, 0.6) is 0 Å². The molecule has 3 aromatic rings. The first-order chi connectivity index (χ1) is 10.2. The van der Waals surface area contributed by atoms with Gasteiger partial charge in [-0.3, -0.25) is 9.89 Å². The molecular formula is C14H15N5OS. The number of rotatable bonds is 4. The van der Waals surface area contributed by atoms with Crippen molar-refractivity contribution in [2.75, 3.05) is 7.05 Å². The number of amides is 1. The highest BCUT2D eigenvalue weighted by atomic mass is 32.1. The van der Waals surface area contributed by atoms with Crippen LogP contribution in [0.1, 0.15) is 28.4 Å². The molecule has 0 unspecified atom stereocenters.